The summed E-state index contributed by atoms with van der Waals surface area (Å²) in [4.78, 5) is 12.3. The molecule has 0 bridgehead atoms. The van der Waals surface area contributed by atoms with Crippen molar-refractivity contribution >= 4 is 5.97 Å². The summed E-state index contributed by atoms with van der Waals surface area (Å²) in [7, 11) is 0. The zero-order valence-electron chi connectivity index (χ0n) is 19.4. The minimum Gasteiger partial charge on any atom is -0.423 e. The van der Waals surface area contributed by atoms with Crippen molar-refractivity contribution in [1.82, 2.24) is 0 Å². The second-order valence-corrected chi connectivity index (χ2v) is 9.16. The van der Waals surface area contributed by atoms with Crippen LogP contribution >= 0.6 is 0 Å². The Hall–Kier alpha value is -2.44. The van der Waals surface area contributed by atoms with Crippen LogP contribution in [0.2, 0.25) is 0 Å². The Morgan fingerprint density at radius 2 is 1.53 bits per heavy atom. The molecule has 0 atom stereocenters. The van der Waals surface area contributed by atoms with Gasteiger partial charge in [-0.05, 0) is 73.4 Å². The average molecular weight is 483 g/mol. The molecule has 1 fully saturated rings. The van der Waals surface area contributed by atoms with E-state index >= 15 is 0 Å². The fraction of sp³-hybridized carbons (Fsp3) is 0.519. The average Bonchev–Trinajstić information content (AvgIpc) is 2.81. The van der Waals surface area contributed by atoms with Gasteiger partial charge in [0.05, 0.1) is 11.1 Å². The molecule has 0 aromatic heterocycles. The molecule has 0 heterocycles. The second-order valence-electron chi connectivity index (χ2n) is 9.16. The van der Waals surface area contributed by atoms with Crippen molar-refractivity contribution in [3.63, 3.8) is 0 Å². The molecule has 7 heteroatoms. The number of unbranched alkanes of at least 4 members (excludes halogenated alkanes) is 4. The van der Waals surface area contributed by atoms with Crippen molar-refractivity contribution in [3.8, 4) is 5.75 Å². The maximum atomic E-state index is 14.8. The summed E-state index contributed by atoms with van der Waals surface area (Å²) in [6, 6.07) is 6.06. The Kier molecular flexibility index (Phi) is 9.09. The van der Waals surface area contributed by atoms with E-state index in [1.807, 2.05) is 0 Å². The lowest BCUT2D eigenvalue weighted by Crippen LogP contribution is -2.17. The van der Waals surface area contributed by atoms with Crippen LogP contribution in [-0.4, -0.2) is 5.97 Å². The first-order chi connectivity index (χ1) is 16.2. The van der Waals surface area contributed by atoms with E-state index in [1.165, 1.54) is 50.7 Å². The first kappa shape index (κ1) is 26.2. The zero-order chi connectivity index (χ0) is 24.7. The van der Waals surface area contributed by atoms with Gasteiger partial charge in [0.1, 0.15) is 5.75 Å². The third kappa shape index (κ3) is 6.80. The van der Waals surface area contributed by atoms with Gasteiger partial charge in [0.25, 0.3) is 0 Å². The minimum atomic E-state index is -4.53. The molecule has 0 N–H and O–H groups in total. The highest BCUT2D eigenvalue weighted by atomic mass is 19.4. The van der Waals surface area contributed by atoms with Crippen LogP contribution in [0.3, 0.4) is 0 Å². The Balaban J connectivity index is 1.58. The molecule has 1 aliphatic rings. The number of ether oxygens (including phenoxy) is 1. The van der Waals surface area contributed by atoms with Gasteiger partial charge in [0.15, 0.2) is 11.6 Å². The number of hydrogen-bond donors (Lipinski definition) is 0. The molecule has 1 aliphatic carbocycles. The van der Waals surface area contributed by atoms with Gasteiger partial charge in [-0.3, -0.25) is 0 Å². The minimum absolute atomic E-state index is 0.0918. The third-order valence-corrected chi connectivity index (χ3v) is 6.73. The molecule has 2 aromatic rings. The van der Waals surface area contributed by atoms with Crippen molar-refractivity contribution in [2.45, 2.75) is 83.2 Å². The summed E-state index contributed by atoms with van der Waals surface area (Å²) < 4.78 is 72.5. The molecule has 0 amide bonds. The van der Waals surface area contributed by atoms with E-state index in [0.717, 1.165) is 49.9 Å². The smallest absolute Gasteiger partial charge is 0.416 e. The van der Waals surface area contributed by atoms with Crippen molar-refractivity contribution in [2.75, 3.05) is 0 Å². The highest BCUT2D eigenvalue weighted by Crippen LogP contribution is 2.39. The van der Waals surface area contributed by atoms with Gasteiger partial charge in [-0.15, -0.1) is 0 Å². The predicted octanol–water partition coefficient (Wildman–Crippen LogP) is 8.84. The van der Waals surface area contributed by atoms with Gasteiger partial charge in [-0.1, -0.05) is 51.5 Å². The molecule has 34 heavy (non-hydrogen) atoms. The molecule has 2 nitrogen and oxygen atoms in total. The molecule has 0 aliphatic heterocycles. The number of benzene rings is 2. The van der Waals surface area contributed by atoms with Crippen molar-refractivity contribution in [2.24, 2.45) is 5.92 Å². The topological polar surface area (TPSA) is 26.3 Å². The van der Waals surface area contributed by atoms with E-state index in [2.05, 4.69) is 6.92 Å². The summed E-state index contributed by atoms with van der Waals surface area (Å²) in [5.41, 5.74) is -1.22. The van der Waals surface area contributed by atoms with Crippen molar-refractivity contribution in [3.05, 3.63) is 64.7 Å². The molecular weight excluding hydrogens is 451 g/mol. The van der Waals surface area contributed by atoms with Crippen LogP contribution in [0.5, 0.6) is 5.75 Å². The monoisotopic (exact) mass is 482 g/mol. The maximum absolute atomic E-state index is 14.8. The lowest BCUT2D eigenvalue weighted by Gasteiger charge is -2.29. The van der Waals surface area contributed by atoms with E-state index in [9.17, 15) is 26.7 Å². The number of carbonyl (C=O) groups excluding carboxylic acids is 1. The number of carbonyl (C=O) groups is 1. The largest absolute Gasteiger partial charge is 0.423 e. The number of hydrogen-bond acceptors (Lipinski definition) is 2. The summed E-state index contributed by atoms with van der Waals surface area (Å²) in [5, 5.41) is 0. The van der Waals surface area contributed by atoms with Gasteiger partial charge in [0.2, 0.25) is 0 Å². The van der Waals surface area contributed by atoms with Crippen LogP contribution in [-0.2, 0) is 6.18 Å². The molecule has 1 saturated carbocycles. The normalized spacial score (nSPS) is 18.6. The lowest BCUT2D eigenvalue weighted by molar-refractivity contribution is -0.137. The van der Waals surface area contributed by atoms with Gasteiger partial charge in [-0.25, -0.2) is 13.6 Å². The SMILES string of the molecule is CCCCCCCC1CCC(c2ccc(C(=O)Oc3ccc(C(F)(F)F)cc3)c(F)c2F)CC1. The Bertz CT molecular complexity index is 945. The number of halogens is 5. The van der Waals surface area contributed by atoms with Crippen molar-refractivity contribution in [1.29, 1.82) is 0 Å². The highest BCUT2D eigenvalue weighted by molar-refractivity contribution is 5.91. The van der Waals surface area contributed by atoms with Gasteiger partial charge < -0.3 is 4.74 Å². The van der Waals surface area contributed by atoms with Gasteiger partial charge >= 0.3 is 12.1 Å². The van der Waals surface area contributed by atoms with E-state index in [4.69, 9.17) is 4.74 Å². The van der Waals surface area contributed by atoms with Crippen LogP contribution < -0.4 is 4.74 Å². The summed E-state index contributed by atoms with van der Waals surface area (Å²) in [6.45, 7) is 2.19. The molecule has 186 valence electrons. The molecule has 0 radical (unpaired) electrons. The van der Waals surface area contributed by atoms with E-state index in [0.29, 0.717) is 5.92 Å². The molecule has 0 saturated heterocycles. The van der Waals surface area contributed by atoms with Crippen LogP contribution in [0.15, 0.2) is 36.4 Å². The summed E-state index contributed by atoms with van der Waals surface area (Å²) in [5.74, 6) is -3.14. The Labute approximate surface area is 197 Å². The number of esters is 1. The third-order valence-electron chi connectivity index (χ3n) is 6.73. The lowest BCUT2D eigenvalue weighted by atomic mass is 9.76. The van der Waals surface area contributed by atoms with Crippen LogP contribution in [0.4, 0.5) is 22.0 Å². The molecule has 2 aromatic carbocycles. The first-order valence-electron chi connectivity index (χ1n) is 12.1. The Morgan fingerprint density at radius 3 is 2.15 bits per heavy atom. The quantitative estimate of drug-likeness (QED) is 0.154. The summed E-state index contributed by atoms with van der Waals surface area (Å²) in [6.07, 6.45) is 6.41. The van der Waals surface area contributed by atoms with Crippen LogP contribution in [0, 0.1) is 17.6 Å². The second kappa shape index (κ2) is 11.8. The summed E-state index contributed by atoms with van der Waals surface area (Å²) >= 11 is 0. The predicted molar refractivity (Wildman–Crippen MR) is 121 cm³/mol. The van der Waals surface area contributed by atoms with Crippen LogP contribution in [0.1, 0.15) is 98.5 Å². The van der Waals surface area contributed by atoms with Gasteiger partial charge in [0, 0.05) is 0 Å². The fourth-order valence-electron chi connectivity index (χ4n) is 4.71. The standard InChI is InChI=1S/C27H31F5O2/c1-2-3-4-5-6-7-18-8-10-19(11-9-18)22-16-17-23(25(29)24(22)28)26(33)34-21-14-12-20(13-15-21)27(30,31)32/h12-19H,2-11H2,1H3. The van der Waals surface area contributed by atoms with E-state index < -0.39 is 34.9 Å². The van der Waals surface area contributed by atoms with E-state index in [1.54, 1.807) is 0 Å². The Morgan fingerprint density at radius 1 is 0.882 bits per heavy atom. The molecular formula is C27H31F5O2. The first-order valence-corrected chi connectivity index (χ1v) is 12.1. The maximum Gasteiger partial charge on any atom is 0.416 e. The van der Waals surface area contributed by atoms with Crippen molar-refractivity contribution < 1.29 is 31.5 Å². The molecule has 0 unspecified atom stereocenters. The molecule has 3 rings (SSSR count). The van der Waals surface area contributed by atoms with Crippen LogP contribution in [0.25, 0.3) is 0 Å². The fourth-order valence-corrected chi connectivity index (χ4v) is 4.71. The van der Waals surface area contributed by atoms with Gasteiger partial charge in [-0.2, -0.15) is 13.2 Å². The highest BCUT2D eigenvalue weighted by Gasteiger charge is 2.31. The molecule has 0 spiro atoms. The number of rotatable bonds is 9. The number of alkyl halides is 3. The zero-order valence-corrected chi connectivity index (χ0v) is 19.4. The van der Waals surface area contributed by atoms with E-state index in [-0.39, 0.29) is 17.2 Å².